The van der Waals surface area contributed by atoms with Crippen molar-refractivity contribution in [3.8, 4) is 11.5 Å². The summed E-state index contributed by atoms with van der Waals surface area (Å²) in [5.41, 5.74) is -0.0574. The van der Waals surface area contributed by atoms with E-state index in [9.17, 15) is 19.7 Å². The lowest BCUT2D eigenvalue weighted by Gasteiger charge is -2.09. The third-order valence-electron chi connectivity index (χ3n) is 3.48. The summed E-state index contributed by atoms with van der Waals surface area (Å²) in [6.45, 7) is 4.03. The lowest BCUT2D eigenvalue weighted by molar-refractivity contribution is -0.385. The summed E-state index contributed by atoms with van der Waals surface area (Å²) in [6.07, 6.45) is 0. The Morgan fingerprint density at radius 1 is 1.18 bits per heavy atom. The van der Waals surface area contributed by atoms with Gasteiger partial charge in [0.15, 0.2) is 6.61 Å². The number of esters is 1. The van der Waals surface area contributed by atoms with Crippen LogP contribution in [0.15, 0.2) is 42.5 Å². The Hall–Kier alpha value is -3.13. The molecule has 2 rings (SSSR count). The molecule has 0 unspecified atom stereocenters. The first-order valence-electron chi connectivity index (χ1n) is 8.42. The molecule has 0 atom stereocenters. The minimum Gasteiger partial charge on any atom is -0.452 e. The van der Waals surface area contributed by atoms with Gasteiger partial charge in [0.25, 0.3) is 5.91 Å². The molecular weight excluding hydrogens is 388 g/mol. The maximum Gasteiger partial charge on any atom is 0.338 e. The second-order valence-electron chi connectivity index (χ2n) is 6.27. The molecule has 0 heterocycles. The zero-order chi connectivity index (χ0) is 20.7. The van der Waals surface area contributed by atoms with E-state index < -0.39 is 10.9 Å². The number of hydrogen-bond donors (Lipinski definition) is 1. The molecule has 0 saturated carbocycles. The molecule has 0 spiro atoms. The fourth-order valence-corrected chi connectivity index (χ4v) is 2.26. The maximum atomic E-state index is 12.0. The minimum absolute atomic E-state index is 0.0200. The van der Waals surface area contributed by atoms with Gasteiger partial charge >= 0.3 is 11.7 Å². The predicted molar refractivity (Wildman–Crippen MR) is 103 cm³/mol. The molecule has 0 aliphatic carbocycles. The molecule has 2 aromatic carbocycles. The fraction of sp³-hybridized carbons (Fsp3) is 0.263. The van der Waals surface area contributed by atoms with Crippen molar-refractivity contribution in [2.75, 3.05) is 13.2 Å². The second-order valence-corrected chi connectivity index (χ2v) is 6.71. The normalized spacial score (nSPS) is 10.4. The molecular formula is C19H19ClN2O6. The molecule has 0 aliphatic rings. The van der Waals surface area contributed by atoms with E-state index >= 15 is 0 Å². The van der Waals surface area contributed by atoms with Crippen molar-refractivity contribution in [1.82, 2.24) is 5.32 Å². The summed E-state index contributed by atoms with van der Waals surface area (Å²) < 4.78 is 10.4. The smallest absolute Gasteiger partial charge is 0.338 e. The summed E-state index contributed by atoms with van der Waals surface area (Å²) in [5, 5.41) is 14.0. The van der Waals surface area contributed by atoms with Crippen molar-refractivity contribution in [2.24, 2.45) is 5.92 Å². The average Bonchev–Trinajstić information content (AvgIpc) is 2.66. The number of nitrogens with zero attached hydrogens (tertiary/aromatic N) is 1. The molecule has 148 valence electrons. The molecule has 1 amide bonds. The highest BCUT2D eigenvalue weighted by Crippen LogP contribution is 2.33. The van der Waals surface area contributed by atoms with Crippen LogP contribution in [-0.4, -0.2) is 30.0 Å². The van der Waals surface area contributed by atoms with Crippen molar-refractivity contribution in [1.29, 1.82) is 0 Å². The van der Waals surface area contributed by atoms with Crippen molar-refractivity contribution in [3.05, 3.63) is 63.2 Å². The molecule has 28 heavy (non-hydrogen) atoms. The van der Waals surface area contributed by atoms with Crippen LogP contribution in [0.4, 0.5) is 5.69 Å². The molecule has 0 saturated heterocycles. The van der Waals surface area contributed by atoms with E-state index in [0.717, 1.165) is 0 Å². The summed E-state index contributed by atoms with van der Waals surface area (Å²) in [6, 6.07) is 9.85. The van der Waals surface area contributed by atoms with E-state index in [4.69, 9.17) is 21.1 Å². The van der Waals surface area contributed by atoms with Gasteiger partial charge in [-0.1, -0.05) is 25.4 Å². The number of amides is 1. The number of benzene rings is 2. The first-order valence-corrected chi connectivity index (χ1v) is 8.79. The van der Waals surface area contributed by atoms with E-state index in [1.807, 2.05) is 13.8 Å². The Morgan fingerprint density at radius 3 is 2.46 bits per heavy atom. The molecule has 2 aromatic rings. The summed E-state index contributed by atoms with van der Waals surface area (Å²) in [5.74, 6) is -0.437. The van der Waals surface area contributed by atoms with Crippen LogP contribution in [-0.2, 0) is 9.53 Å². The third kappa shape index (κ3) is 6.24. The van der Waals surface area contributed by atoms with Crippen molar-refractivity contribution >= 4 is 29.2 Å². The van der Waals surface area contributed by atoms with Gasteiger partial charge in [-0.2, -0.15) is 0 Å². The summed E-state index contributed by atoms with van der Waals surface area (Å²) in [7, 11) is 0. The van der Waals surface area contributed by atoms with Crippen LogP contribution in [0.5, 0.6) is 11.5 Å². The van der Waals surface area contributed by atoms with E-state index in [2.05, 4.69) is 5.32 Å². The highest BCUT2D eigenvalue weighted by atomic mass is 35.5. The quantitative estimate of drug-likeness (QED) is 0.403. The maximum absolute atomic E-state index is 12.0. The lowest BCUT2D eigenvalue weighted by atomic mass is 10.2. The van der Waals surface area contributed by atoms with Crippen molar-refractivity contribution < 1.29 is 24.0 Å². The number of carbonyl (C=O) groups is 2. The third-order valence-corrected chi connectivity index (χ3v) is 3.71. The van der Waals surface area contributed by atoms with Gasteiger partial charge in [-0.05, 0) is 42.3 Å². The molecule has 8 nitrogen and oxygen atoms in total. The van der Waals surface area contributed by atoms with E-state index in [1.165, 1.54) is 42.5 Å². The predicted octanol–water partition coefficient (Wildman–Crippen LogP) is 3.97. The number of ether oxygens (including phenoxy) is 2. The van der Waals surface area contributed by atoms with E-state index in [-0.39, 0.29) is 40.3 Å². The van der Waals surface area contributed by atoms with Gasteiger partial charge in [-0.3, -0.25) is 14.9 Å². The van der Waals surface area contributed by atoms with Crippen molar-refractivity contribution in [2.45, 2.75) is 13.8 Å². The SMILES string of the molecule is CC(C)CNC(=O)COC(=O)c1ccc(Oc2ccc(Cl)cc2[N+](=O)[O-])cc1. The lowest BCUT2D eigenvalue weighted by Crippen LogP contribution is -2.31. The highest BCUT2D eigenvalue weighted by Gasteiger charge is 2.17. The van der Waals surface area contributed by atoms with E-state index in [0.29, 0.717) is 12.5 Å². The van der Waals surface area contributed by atoms with Gasteiger partial charge in [0.2, 0.25) is 5.75 Å². The van der Waals surface area contributed by atoms with Crippen LogP contribution in [0.2, 0.25) is 5.02 Å². The Kier molecular flexibility index (Phi) is 7.34. The van der Waals surface area contributed by atoms with Gasteiger partial charge in [0.1, 0.15) is 5.75 Å². The zero-order valence-electron chi connectivity index (χ0n) is 15.3. The molecule has 0 radical (unpaired) electrons. The minimum atomic E-state index is -0.663. The standard InChI is InChI=1S/C19H19ClN2O6/c1-12(2)10-21-18(23)11-27-19(24)13-3-6-15(7-4-13)28-17-8-5-14(20)9-16(17)22(25)26/h3-9,12H,10-11H2,1-2H3,(H,21,23). The largest absolute Gasteiger partial charge is 0.452 e. The van der Waals surface area contributed by atoms with Crippen LogP contribution >= 0.6 is 11.6 Å². The van der Waals surface area contributed by atoms with Crippen LogP contribution in [0, 0.1) is 16.0 Å². The Balaban J connectivity index is 1.97. The van der Waals surface area contributed by atoms with Gasteiger partial charge < -0.3 is 14.8 Å². The van der Waals surface area contributed by atoms with Crippen LogP contribution in [0.25, 0.3) is 0 Å². The molecule has 0 aliphatic heterocycles. The number of nitro groups is 1. The van der Waals surface area contributed by atoms with E-state index in [1.54, 1.807) is 0 Å². The van der Waals surface area contributed by atoms with Gasteiger partial charge in [-0.25, -0.2) is 4.79 Å². The number of halogens is 1. The van der Waals surface area contributed by atoms with Gasteiger partial charge in [-0.15, -0.1) is 0 Å². The molecule has 0 bridgehead atoms. The van der Waals surface area contributed by atoms with Crippen molar-refractivity contribution in [3.63, 3.8) is 0 Å². The fourth-order valence-electron chi connectivity index (χ4n) is 2.09. The van der Waals surface area contributed by atoms with Crippen LogP contribution in [0.1, 0.15) is 24.2 Å². The number of carbonyl (C=O) groups excluding carboxylic acids is 2. The van der Waals surface area contributed by atoms with Crippen LogP contribution in [0.3, 0.4) is 0 Å². The molecule has 9 heteroatoms. The first kappa shape index (κ1) is 21.2. The summed E-state index contributed by atoms with van der Waals surface area (Å²) in [4.78, 5) is 34.1. The Morgan fingerprint density at radius 2 is 1.86 bits per heavy atom. The second kappa shape index (κ2) is 9.70. The summed E-state index contributed by atoms with van der Waals surface area (Å²) >= 11 is 5.77. The number of nitro benzene ring substituents is 1. The monoisotopic (exact) mass is 406 g/mol. The first-order chi connectivity index (χ1) is 13.3. The number of hydrogen-bond acceptors (Lipinski definition) is 6. The Bertz CT molecular complexity index is 867. The van der Waals surface area contributed by atoms with Crippen LogP contribution < -0.4 is 10.1 Å². The highest BCUT2D eigenvalue weighted by molar-refractivity contribution is 6.30. The van der Waals surface area contributed by atoms with Gasteiger partial charge in [0.05, 0.1) is 10.5 Å². The number of rotatable bonds is 8. The molecule has 0 fully saturated rings. The number of nitrogens with one attached hydrogen (secondary N) is 1. The average molecular weight is 407 g/mol. The molecule has 0 aromatic heterocycles. The Labute approximate surface area is 166 Å². The molecule has 1 N–H and O–H groups in total. The van der Waals surface area contributed by atoms with Gasteiger partial charge in [0, 0.05) is 17.6 Å². The zero-order valence-corrected chi connectivity index (χ0v) is 16.1. The topological polar surface area (TPSA) is 108 Å².